The van der Waals surface area contributed by atoms with E-state index in [0.29, 0.717) is 23.7 Å². The number of benzene rings is 3. The van der Waals surface area contributed by atoms with Gasteiger partial charge in [0.05, 0.1) is 31.4 Å². The maximum absolute atomic E-state index is 13.2. The first-order valence-electron chi connectivity index (χ1n) is 15.7. The summed E-state index contributed by atoms with van der Waals surface area (Å²) in [5.41, 5.74) is 10.8. The highest BCUT2D eigenvalue weighted by Gasteiger charge is 2.40. The Bertz CT molecular complexity index is 1580. The molecule has 0 spiro atoms. The molecule has 3 atom stereocenters. The first-order chi connectivity index (χ1) is 22.0. The molecule has 3 unspecified atom stereocenters. The molecule has 0 radical (unpaired) electrons. The lowest BCUT2D eigenvalue weighted by atomic mass is 9.99. The van der Waals surface area contributed by atoms with E-state index >= 15 is 0 Å². The number of methoxy groups -OCH3 is 1. The van der Waals surface area contributed by atoms with E-state index in [1.807, 2.05) is 67.7 Å². The summed E-state index contributed by atoms with van der Waals surface area (Å²) < 4.78 is 5.56. The molecular weight excluding hydrogens is 620 g/mol. The van der Waals surface area contributed by atoms with E-state index in [1.165, 1.54) is 0 Å². The summed E-state index contributed by atoms with van der Waals surface area (Å²) in [6, 6.07) is 20.4. The molecule has 1 saturated heterocycles. The van der Waals surface area contributed by atoms with Crippen molar-refractivity contribution in [3.05, 3.63) is 88.4 Å². The van der Waals surface area contributed by atoms with E-state index < -0.39 is 8.32 Å². The highest BCUT2D eigenvalue weighted by atomic mass is 35.5. The van der Waals surface area contributed by atoms with Gasteiger partial charge in [0.1, 0.15) is 11.9 Å². The monoisotopic (exact) mass is 662 g/mol. The Hall–Kier alpha value is -3.74. The molecule has 46 heavy (non-hydrogen) atoms. The van der Waals surface area contributed by atoms with Crippen molar-refractivity contribution in [1.82, 2.24) is 21.5 Å². The third kappa shape index (κ3) is 7.96. The minimum atomic E-state index is -2.48. The third-order valence-electron chi connectivity index (χ3n) is 8.36. The quantitative estimate of drug-likeness (QED) is 0.148. The molecule has 2 amide bonds. The fraction of sp³-hybridized carbons (Fsp3) is 0.382. The van der Waals surface area contributed by atoms with Crippen LogP contribution in [0.2, 0.25) is 18.1 Å². The lowest BCUT2D eigenvalue weighted by molar-refractivity contribution is -0.121. The minimum absolute atomic E-state index is 0.0321. The summed E-state index contributed by atoms with van der Waals surface area (Å²) >= 11 is 6.21. The number of hydrazine groups is 1. The SMILES string of the molecule is COc1ccc2c(c1)C(c1ccc(Cl)cc1)=NC(CC(=O)NCCCCCNC(=O)c1cccc([Si](C)(C)O)c1)C1NNC(C)N21. The van der Waals surface area contributed by atoms with Crippen molar-refractivity contribution in [2.75, 3.05) is 25.1 Å². The number of hydrogen-bond donors (Lipinski definition) is 5. The van der Waals surface area contributed by atoms with Gasteiger partial charge in [-0.3, -0.25) is 14.6 Å². The van der Waals surface area contributed by atoms with E-state index in [-0.39, 0.29) is 36.6 Å². The summed E-state index contributed by atoms with van der Waals surface area (Å²) in [5, 5.41) is 7.50. The summed E-state index contributed by atoms with van der Waals surface area (Å²) in [7, 11) is -0.834. The molecule has 12 heteroatoms. The molecule has 1 fully saturated rings. The Morgan fingerprint density at radius 2 is 1.74 bits per heavy atom. The number of carbonyl (C=O) groups excluding carboxylic acids is 2. The molecule has 0 bridgehead atoms. The predicted octanol–water partition coefficient (Wildman–Crippen LogP) is 3.67. The van der Waals surface area contributed by atoms with Gasteiger partial charge in [0, 0.05) is 40.5 Å². The maximum atomic E-state index is 13.2. The number of nitrogens with zero attached hydrogens (tertiary/aromatic N) is 2. The molecule has 0 saturated carbocycles. The van der Waals surface area contributed by atoms with Crippen LogP contribution in [-0.4, -0.2) is 69.2 Å². The number of aliphatic imine (C=N–C) groups is 1. The fourth-order valence-corrected chi connectivity index (χ4v) is 6.98. The standard InChI is InChI=1S/C34H43ClN6O4Si/c1-22-39-40-33-29(38-32(23-11-13-25(35)14-12-23)28-20-26(45-2)15-16-30(28)41(22)33)21-31(42)36-17-6-5-7-18-37-34(43)24-9-8-10-27(19-24)46(3,4)44/h8-16,19-20,22,29,33,39-40,44H,5-7,17-18,21H2,1-4H3,(H,36,42)(H,37,43). The number of amides is 2. The number of fused-ring (bicyclic) bond motifs is 3. The lowest BCUT2D eigenvalue weighted by Crippen LogP contribution is -2.47. The molecule has 244 valence electrons. The molecule has 3 aromatic rings. The molecule has 2 aliphatic rings. The maximum Gasteiger partial charge on any atom is 0.251 e. The average Bonchev–Trinajstić information content (AvgIpc) is 3.36. The Morgan fingerprint density at radius 1 is 1.00 bits per heavy atom. The fourth-order valence-electron chi connectivity index (χ4n) is 5.85. The van der Waals surface area contributed by atoms with Gasteiger partial charge in [0.25, 0.3) is 5.91 Å². The highest BCUT2D eigenvalue weighted by molar-refractivity contribution is 6.83. The second-order valence-corrected chi connectivity index (χ2v) is 16.4. The van der Waals surface area contributed by atoms with Gasteiger partial charge < -0.3 is 25.1 Å². The van der Waals surface area contributed by atoms with Crippen molar-refractivity contribution in [3.8, 4) is 5.75 Å². The summed E-state index contributed by atoms with van der Waals surface area (Å²) in [5.74, 6) is 0.508. The van der Waals surface area contributed by atoms with Crippen molar-refractivity contribution in [3.63, 3.8) is 0 Å². The third-order valence-corrected chi connectivity index (χ3v) is 10.3. The van der Waals surface area contributed by atoms with Crippen LogP contribution in [-0.2, 0) is 4.79 Å². The van der Waals surface area contributed by atoms with Gasteiger partial charge in [-0.25, -0.2) is 10.9 Å². The van der Waals surface area contributed by atoms with Gasteiger partial charge >= 0.3 is 0 Å². The van der Waals surface area contributed by atoms with Crippen molar-refractivity contribution >= 4 is 48.3 Å². The Morgan fingerprint density at radius 3 is 2.46 bits per heavy atom. The molecule has 0 aliphatic carbocycles. The first-order valence-corrected chi connectivity index (χ1v) is 19.1. The number of rotatable bonds is 12. The van der Waals surface area contributed by atoms with Crippen molar-refractivity contribution in [1.29, 1.82) is 0 Å². The molecule has 0 aromatic heterocycles. The normalized spacial score (nSPS) is 19.0. The van der Waals surface area contributed by atoms with Crippen molar-refractivity contribution in [2.45, 2.75) is 64.1 Å². The topological polar surface area (TPSA) is 127 Å². The second kappa shape index (κ2) is 14.8. The average molecular weight is 663 g/mol. The Labute approximate surface area is 276 Å². The Balaban J connectivity index is 1.18. The number of unbranched alkanes of at least 4 members (excludes halogenated alkanes) is 2. The van der Waals surface area contributed by atoms with Crippen molar-refractivity contribution in [2.24, 2.45) is 4.99 Å². The van der Waals surface area contributed by atoms with Crippen molar-refractivity contribution < 1.29 is 19.1 Å². The highest BCUT2D eigenvalue weighted by Crippen LogP contribution is 2.36. The van der Waals surface area contributed by atoms with Gasteiger partial charge in [0.2, 0.25) is 14.2 Å². The van der Waals surface area contributed by atoms with E-state index in [1.54, 1.807) is 19.2 Å². The van der Waals surface area contributed by atoms with Crippen LogP contribution in [0.15, 0.2) is 71.7 Å². The Kier molecular flexibility index (Phi) is 10.8. The van der Waals surface area contributed by atoms with Gasteiger partial charge in [-0.05, 0) is 86.9 Å². The smallest absolute Gasteiger partial charge is 0.251 e. The number of hydrogen-bond acceptors (Lipinski definition) is 8. The number of nitrogens with one attached hydrogen (secondary N) is 4. The van der Waals surface area contributed by atoms with Gasteiger partial charge in [-0.15, -0.1) is 0 Å². The van der Waals surface area contributed by atoms with Gasteiger partial charge in [-0.2, -0.15) is 0 Å². The zero-order valence-electron chi connectivity index (χ0n) is 26.8. The molecule has 5 rings (SSSR count). The van der Waals surface area contributed by atoms with Crippen LogP contribution in [0.3, 0.4) is 0 Å². The van der Waals surface area contributed by atoms with Crippen LogP contribution in [0.5, 0.6) is 5.75 Å². The van der Waals surface area contributed by atoms with Crippen LogP contribution < -0.4 is 36.3 Å². The van der Waals surface area contributed by atoms with Gasteiger partial charge in [-0.1, -0.05) is 35.9 Å². The van der Waals surface area contributed by atoms with E-state index in [9.17, 15) is 14.4 Å². The van der Waals surface area contributed by atoms with E-state index in [2.05, 4.69) is 33.3 Å². The second-order valence-electron chi connectivity index (χ2n) is 12.3. The molecule has 5 N–H and O–H groups in total. The molecule has 2 heterocycles. The van der Waals surface area contributed by atoms with Crippen LogP contribution in [0.4, 0.5) is 5.69 Å². The zero-order chi connectivity index (χ0) is 32.8. The first kappa shape index (κ1) is 33.6. The molecular formula is C34H43ClN6O4Si. The largest absolute Gasteiger partial charge is 0.497 e. The summed E-state index contributed by atoms with van der Waals surface area (Å²) in [6.45, 7) is 6.82. The van der Waals surface area contributed by atoms with Crippen LogP contribution in [0.1, 0.15) is 54.1 Å². The molecule has 3 aromatic carbocycles. The number of anilines is 1. The zero-order valence-corrected chi connectivity index (χ0v) is 28.5. The number of halogens is 1. The summed E-state index contributed by atoms with van der Waals surface area (Å²) in [6.07, 6.45) is 2.38. The van der Waals surface area contributed by atoms with E-state index in [0.717, 1.165) is 52.7 Å². The van der Waals surface area contributed by atoms with Crippen LogP contribution in [0.25, 0.3) is 0 Å². The van der Waals surface area contributed by atoms with Crippen LogP contribution >= 0.6 is 11.6 Å². The van der Waals surface area contributed by atoms with Gasteiger partial charge in [0.15, 0.2) is 0 Å². The summed E-state index contributed by atoms with van der Waals surface area (Å²) in [4.78, 5) is 43.6. The lowest BCUT2D eigenvalue weighted by Gasteiger charge is -2.31. The minimum Gasteiger partial charge on any atom is -0.497 e. The molecule has 2 aliphatic heterocycles. The van der Waals surface area contributed by atoms with E-state index in [4.69, 9.17) is 21.3 Å². The van der Waals surface area contributed by atoms with Crippen LogP contribution in [0, 0.1) is 0 Å². The predicted molar refractivity (Wildman–Crippen MR) is 185 cm³/mol. The molecule has 10 nitrogen and oxygen atoms in total. The number of carbonyl (C=O) groups is 2. The number of ether oxygens (including phenoxy) is 1.